The number of carbonyl (C=O) groups excluding carboxylic acids is 1. The standard InChI is InChI=1S/C13H18ClN3O4S/c1-16-4-6-17(7-5-16)22(19,20)10-2-3-12(11(14)8-10)21-9-13(15)18/h2-3,8H,4-7,9H2,1H3,(H2,15,18). The number of carbonyl (C=O) groups is 1. The molecule has 0 saturated carbocycles. The van der Waals surface area contributed by atoms with Crippen LogP contribution in [0.5, 0.6) is 5.75 Å². The van der Waals surface area contributed by atoms with Crippen molar-refractivity contribution in [3.05, 3.63) is 23.2 Å². The zero-order chi connectivity index (χ0) is 16.3. The highest BCUT2D eigenvalue weighted by molar-refractivity contribution is 7.89. The molecule has 0 aliphatic carbocycles. The monoisotopic (exact) mass is 347 g/mol. The maximum absolute atomic E-state index is 12.6. The number of nitrogens with zero attached hydrogens (tertiary/aromatic N) is 2. The molecule has 0 radical (unpaired) electrons. The highest BCUT2D eigenvalue weighted by Crippen LogP contribution is 2.29. The topological polar surface area (TPSA) is 92.9 Å². The summed E-state index contributed by atoms with van der Waals surface area (Å²) >= 11 is 6.01. The van der Waals surface area contributed by atoms with Gasteiger partial charge in [-0.3, -0.25) is 4.79 Å². The largest absolute Gasteiger partial charge is 0.482 e. The number of amides is 1. The normalized spacial score (nSPS) is 17.4. The Labute approximate surface area is 134 Å². The molecule has 1 aromatic rings. The number of benzene rings is 1. The fourth-order valence-corrected chi connectivity index (χ4v) is 3.83. The Balaban J connectivity index is 2.18. The number of ether oxygens (including phenoxy) is 1. The maximum atomic E-state index is 12.6. The molecular weight excluding hydrogens is 330 g/mol. The van der Waals surface area contributed by atoms with Crippen molar-refractivity contribution in [2.75, 3.05) is 39.8 Å². The fourth-order valence-electron chi connectivity index (χ4n) is 2.09. The van der Waals surface area contributed by atoms with E-state index >= 15 is 0 Å². The molecule has 2 N–H and O–H groups in total. The number of piperazine rings is 1. The van der Waals surface area contributed by atoms with E-state index in [0.717, 1.165) is 0 Å². The molecule has 0 aromatic heterocycles. The van der Waals surface area contributed by atoms with Crippen LogP contribution < -0.4 is 10.5 Å². The third kappa shape index (κ3) is 3.89. The molecule has 1 aliphatic rings. The number of likely N-dealkylation sites (N-methyl/N-ethyl adjacent to an activating group) is 1. The van der Waals surface area contributed by atoms with Gasteiger partial charge in [-0.2, -0.15) is 4.31 Å². The number of nitrogens with two attached hydrogens (primary N) is 1. The molecule has 0 spiro atoms. The van der Waals surface area contributed by atoms with Crippen LogP contribution >= 0.6 is 11.6 Å². The Morgan fingerprint density at radius 3 is 2.50 bits per heavy atom. The van der Waals surface area contributed by atoms with Crippen molar-refractivity contribution in [3.8, 4) is 5.75 Å². The van der Waals surface area contributed by atoms with E-state index in [-0.39, 0.29) is 22.3 Å². The second-order valence-corrected chi connectivity index (χ2v) is 7.40. The summed E-state index contributed by atoms with van der Waals surface area (Å²) in [5.74, 6) is -0.414. The van der Waals surface area contributed by atoms with E-state index in [0.29, 0.717) is 26.2 Å². The molecule has 0 unspecified atom stereocenters. The molecule has 2 rings (SSSR count). The van der Waals surface area contributed by atoms with Crippen LogP contribution in [-0.2, 0) is 14.8 Å². The van der Waals surface area contributed by atoms with Crippen LogP contribution in [0.3, 0.4) is 0 Å². The minimum absolute atomic E-state index is 0.105. The summed E-state index contributed by atoms with van der Waals surface area (Å²) in [6.45, 7) is 1.94. The summed E-state index contributed by atoms with van der Waals surface area (Å²) in [7, 11) is -1.63. The number of rotatable bonds is 5. The first-order chi connectivity index (χ1) is 10.3. The van der Waals surface area contributed by atoms with Crippen LogP contribution in [0, 0.1) is 0 Å². The Morgan fingerprint density at radius 1 is 1.32 bits per heavy atom. The molecule has 0 bridgehead atoms. The molecule has 22 heavy (non-hydrogen) atoms. The third-order valence-electron chi connectivity index (χ3n) is 3.37. The van der Waals surface area contributed by atoms with Gasteiger partial charge in [-0.05, 0) is 25.2 Å². The van der Waals surface area contributed by atoms with E-state index in [9.17, 15) is 13.2 Å². The molecule has 1 aliphatic heterocycles. The van der Waals surface area contributed by atoms with Crippen LogP contribution in [0.4, 0.5) is 0 Å². The van der Waals surface area contributed by atoms with Crippen molar-refractivity contribution in [1.82, 2.24) is 9.21 Å². The number of hydrogen-bond acceptors (Lipinski definition) is 5. The van der Waals surface area contributed by atoms with Gasteiger partial charge in [-0.1, -0.05) is 11.6 Å². The summed E-state index contributed by atoms with van der Waals surface area (Å²) < 4.78 is 31.7. The molecule has 7 nitrogen and oxygen atoms in total. The van der Waals surface area contributed by atoms with Crippen molar-refractivity contribution in [2.24, 2.45) is 5.73 Å². The maximum Gasteiger partial charge on any atom is 0.255 e. The first kappa shape index (κ1) is 17.0. The molecule has 1 fully saturated rings. The lowest BCUT2D eigenvalue weighted by atomic mass is 10.3. The predicted molar refractivity (Wildman–Crippen MR) is 82.4 cm³/mol. The summed E-state index contributed by atoms with van der Waals surface area (Å²) in [6.07, 6.45) is 0. The van der Waals surface area contributed by atoms with E-state index in [1.165, 1.54) is 22.5 Å². The van der Waals surface area contributed by atoms with E-state index < -0.39 is 15.9 Å². The van der Waals surface area contributed by atoms with Gasteiger partial charge >= 0.3 is 0 Å². The van der Waals surface area contributed by atoms with E-state index in [1.807, 2.05) is 7.05 Å². The Morgan fingerprint density at radius 2 is 1.95 bits per heavy atom. The smallest absolute Gasteiger partial charge is 0.255 e. The fraction of sp³-hybridized carbons (Fsp3) is 0.462. The Hall–Kier alpha value is -1.35. The minimum atomic E-state index is -3.58. The lowest BCUT2D eigenvalue weighted by Gasteiger charge is -2.31. The molecule has 1 amide bonds. The average Bonchev–Trinajstić information content (AvgIpc) is 2.46. The first-order valence-electron chi connectivity index (χ1n) is 6.70. The van der Waals surface area contributed by atoms with E-state index in [1.54, 1.807) is 0 Å². The molecule has 1 aromatic carbocycles. The van der Waals surface area contributed by atoms with Crippen molar-refractivity contribution in [3.63, 3.8) is 0 Å². The van der Waals surface area contributed by atoms with Crippen molar-refractivity contribution >= 4 is 27.5 Å². The SMILES string of the molecule is CN1CCN(S(=O)(=O)c2ccc(OCC(N)=O)c(Cl)c2)CC1. The highest BCUT2D eigenvalue weighted by atomic mass is 35.5. The van der Waals surface area contributed by atoms with Gasteiger partial charge in [0, 0.05) is 26.2 Å². The molecule has 9 heteroatoms. The van der Waals surface area contributed by atoms with Crippen molar-refractivity contribution < 1.29 is 17.9 Å². The summed E-state index contributed by atoms with van der Waals surface area (Å²) in [5, 5.41) is 0.122. The van der Waals surface area contributed by atoms with Crippen LogP contribution in [0.2, 0.25) is 5.02 Å². The van der Waals surface area contributed by atoms with Gasteiger partial charge in [0.05, 0.1) is 9.92 Å². The molecule has 1 heterocycles. The second kappa shape index (κ2) is 6.82. The quantitative estimate of drug-likeness (QED) is 0.817. The van der Waals surface area contributed by atoms with Crippen LogP contribution in [0.15, 0.2) is 23.1 Å². The molecular formula is C13H18ClN3O4S. The van der Waals surface area contributed by atoms with Gasteiger partial charge in [0.2, 0.25) is 10.0 Å². The highest BCUT2D eigenvalue weighted by Gasteiger charge is 2.28. The van der Waals surface area contributed by atoms with Gasteiger partial charge in [0.1, 0.15) is 5.75 Å². The number of sulfonamides is 1. The lowest BCUT2D eigenvalue weighted by molar-refractivity contribution is -0.119. The summed E-state index contributed by atoms with van der Waals surface area (Å²) in [5.41, 5.74) is 4.98. The third-order valence-corrected chi connectivity index (χ3v) is 5.56. The van der Waals surface area contributed by atoms with Crippen LogP contribution in [-0.4, -0.2) is 63.4 Å². The van der Waals surface area contributed by atoms with E-state index in [2.05, 4.69) is 4.90 Å². The first-order valence-corrected chi connectivity index (χ1v) is 8.52. The number of halogens is 1. The molecule has 0 atom stereocenters. The zero-order valence-corrected chi connectivity index (χ0v) is 13.7. The predicted octanol–water partition coefficient (Wildman–Crippen LogP) is 0.140. The second-order valence-electron chi connectivity index (χ2n) is 5.05. The Bertz CT molecular complexity index is 657. The minimum Gasteiger partial charge on any atom is -0.482 e. The Kier molecular flexibility index (Phi) is 5.28. The number of primary amides is 1. The molecule has 122 valence electrons. The lowest BCUT2D eigenvalue weighted by Crippen LogP contribution is -2.47. The van der Waals surface area contributed by atoms with Crippen LogP contribution in [0.25, 0.3) is 0 Å². The van der Waals surface area contributed by atoms with Gasteiger partial charge in [0.25, 0.3) is 5.91 Å². The summed E-state index contributed by atoms with van der Waals surface area (Å²) in [6, 6.07) is 4.16. The van der Waals surface area contributed by atoms with E-state index in [4.69, 9.17) is 22.1 Å². The van der Waals surface area contributed by atoms with Gasteiger partial charge in [0.15, 0.2) is 6.61 Å². The average molecular weight is 348 g/mol. The number of hydrogen-bond donors (Lipinski definition) is 1. The van der Waals surface area contributed by atoms with Crippen LogP contribution in [0.1, 0.15) is 0 Å². The van der Waals surface area contributed by atoms with Gasteiger partial charge in [-0.25, -0.2) is 8.42 Å². The summed E-state index contributed by atoms with van der Waals surface area (Å²) in [4.78, 5) is 12.9. The van der Waals surface area contributed by atoms with Crippen molar-refractivity contribution in [1.29, 1.82) is 0 Å². The van der Waals surface area contributed by atoms with Gasteiger partial charge < -0.3 is 15.4 Å². The molecule has 1 saturated heterocycles. The van der Waals surface area contributed by atoms with Gasteiger partial charge in [-0.15, -0.1) is 0 Å². The van der Waals surface area contributed by atoms with Crippen molar-refractivity contribution in [2.45, 2.75) is 4.90 Å². The zero-order valence-electron chi connectivity index (χ0n) is 12.2.